The molecule has 4 aromatic carbocycles. The van der Waals surface area contributed by atoms with E-state index in [0.717, 1.165) is 44.5 Å². The Morgan fingerprint density at radius 3 is 1.08 bits per heavy atom. The highest BCUT2D eigenvalue weighted by Gasteiger charge is 2.30. The van der Waals surface area contributed by atoms with E-state index in [2.05, 4.69) is 121 Å². The third kappa shape index (κ3) is 14.4. The van der Waals surface area contributed by atoms with E-state index in [4.69, 9.17) is 18.9 Å². The lowest BCUT2D eigenvalue weighted by Crippen LogP contribution is -2.21. The average Bonchev–Trinajstić information content (AvgIpc) is 3.20. The lowest BCUT2D eigenvalue weighted by Gasteiger charge is -2.29. The Morgan fingerprint density at radius 1 is 0.453 bits per heavy atom. The van der Waals surface area contributed by atoms with Crippen LogP contribution in [0.25, 0.3) is 22.3 Å². The van der Waals surface area contributed by atoms with Gasteiger partial charge in [0.2, 0.25) is 0 Å². The van der Waals surface area contributed by atoms with Gasteiger partial charge in [-0.2, -0.15) is 0 Å². The van der Waals surface area contributed by atoms with Crippen LogP contribution in [0, 0.1) is 0 Å². The highest BCUT2D eigenvalue weighted by molar-refractivity contribution is 5.95. The number of carbonyl (C=O) groups is 4. The Morgan fingerprint density at radius 2 is 0.781 bits per heavy atom. The van der Waals surface area contributed by atoms with E-state index in [0.29, 0.717) is 37.2 Å². The van der Waals surface area contributed by atoms with Crippen LogP contribution in [0.15, 0.2) is 109 Å². The zero-order chi connectivity index (χ0) is 47.6. The van der Waals surface area contributed by atoms with Crippen molar-refractivity contribution in [3.05, 3.63) is 131 Å². The molecule has 0 radical (unpaired) electrons. The van der Waals surface area contributed by atoms with Gasteiger partial charge in [0.15, 0.2) is 0 Å². The Balaban J connectivity index is 1.23. The third-order valence-corrected chi connectivity index (χ3v) is 10.9. The first-order chi connectivity index (χ1) is 29.8. The van der Waals surface area contributed by atoms with Gasteiger partial charge in [-0.25, -0.2) is 9.59 Å². The molecule has 0 aromatic heterocycles. The number of rotatable bonds is 17. The SMILES string of the molecule is C=C(CC(=O)Oc1c(-c2ccccc2)cc(C(C)(C)C)cc1C(C)(C)C)C(=O)OCCCCCCOC(=O)C(=C)CC(=O)Oc1c(-c2ccccc2)cc(C(C)(C)C)cc1C(C)(C)C. The van der Waals surface area contributed by atoms with Crippen molar-refractivity contribution in [1.82, 2.24) is 0 Å². The second-order valence-corrected chi connectivity index (χ2v) is 20.7. The van der Waals surface area contributed by atoms with Gasteiger partial charge in [-0.3, -0.25) is 9.59 Å². The number of benzene rings is 4. The van der Waals surface area contributed by atoms with Crippen molar-refractivity contribution in [2.24, 2.45) is 0 Å². The van der Waals surface area contributed by atoms with Gasteiger partial charge in [0.05, 0.1) is 26.1 Å². The number of ether oxygens (including phenoxy) is 4. The fraction of sp³-hybridized carbons (Fsp3) is 0.429. The molecule has 64 heavy (non-hydrogen) atoms. The molecule has 0 atom stereocenters. The number of hydrogen-bond acceptors (Lipinski definition) is 8. The molecule has 0 amide bonds. The molecule has 0 saturated carbocycles. The Hall–Kier alpha value is -5.76. The van der Waals surface area contributed by atoms with Crippen molar-refractivity contribution >= 4 is 23.9 Å². The quantitative estimate of drug-likeness (QED) is 0.0447. The molecule has 0 N–H and O–H groups in total. The van der Waals surface area contributed by atoms with Gasteiger partial charge >= 0.3 is 23.9 Å². The molecule has 8 heteroatoms. The van der Waals surface area contributed by atoms with Crippen LogP contribution in [-0.2, 0) is 50.3 Å². The minimum Gasteiger partial charge on any atom is -0.462 e. The molecule has 0 heterocycles. The molecule has 4 rings (SSSR count). The van der Waals surface area contributed by atoms with Gasteiger partial charge in [0, 0.05) is 33.4 Å². The second-order valence-electron chi connectivity index (χ2n) is 20.7. The van der Waals surface area contributed by atoms with Crippen LogP contribution < -0.4 is 9.47 Å². The van der Waals surface area contributed by atoms with E-state index < -0.39 is 23.9 Å². The maximum atomic E-state index is 13.4. The van der Waals surface area contributed by atoms with Crippen LogP contribution in [0.4, 0.5) is 0 Å². The van der Waals surface area contributed by atoms with Crippen molar-refractivity contribution in [1.29, 1.82) is 0 Å². The summed E-state index contributed by atoms with van der Waals surface area (Å²) < 4.78 is 23.0. The topological polar surface area (TPSA) is 105 Å². The standard InChI is InChI=1S/C56H70O8/c1-37(31-47(57)63-49-43(39-25-19-17-20-26-39)33-41(53(3,4)5)35-45(49)55(9,10)11)51(59)61-29-23-15-16-24-30-62-52(60)38(2)32-48(58)64-50-44(40-27-21-18-22-28-40)34-42(54(6,7)8)36-46(50)56(12,13)14/h17-22,25-28,33-36H,1-2,15-16,23-24,29-32H2,3-14H3. The summed E-state index contributed by atoms with van der Waals surface area (Å²) in [6, 6.07) is 28.0. The number of unbranched alkanes of at least 4 members (excludes halogenated alkanes) is 3. The van der Waals surface area contributed by atoms with Crippen molar-refractivity contribution in [2.45, 2.75) is 143 Å². The van der Waals surface area contributed by atoms with Gasteiger partial charge < -0.3 is 18.9 Å². The molecule has 0 unspecified atom stereocenters. The van der Waals surface area contributed by atoms with Crippen molar-refractivity contribution < 1.29 is 38.1 Å². The Bertz CT molecular complexity index is 2140. The van der Waals surface area contributed by atoms with E-state index in [9.17, 15) is 19.2 Å². The van der Waals surface area contributed by atoms with Crippen LogP contribution in [0.5, 0.6) is 11.5 Å². The molecule has 342 valence electrons. The summed E-state index contributed by atoms with van der Waals surface area (Å²) in [6.07, 6.45) is 1.94. The van der Waals surface area contributed by atoms with E-state index in [1.54, 1.807) is 0 Å². The lowest BCUT2D eigenvalue weighted by molar-refractivity contribution is -0.142. The van der Waals surface area contributed by atoms with Crippen molar-refractivity contribution in [2.75, 3.05) is 13.2 Å². The summed E-state index contributed by atoms with van der Waals surface area (Å²) in [7, 11) is 0. The largest absolute Gasteiger partial charge is 0.462 e. The molecule has 0 spiro atoms. The Kier molecular flexibility index (Phi) is 16.9. The average molecular weight is 871 g/mol. The van der Waals surface area contributed by atoms with Gasteiger partial charge in [0.25, 0.3) is 0 Å². The van der Waals surface area contributed by atoms with E-state index in [-0.39, 0.29) is 58.9 Å². The zero-order valence-corrected chi connectivity index (χ0v) is 40.4. The molecule has 0 fully saturated rings. The number of carbonyl (C=O) groups excluding carboxylic acids is 4. The summed E-state index contributed by atoms with van der Waals surface area (Å²) >= 11 is 0. The van der Waals surface area contributed by atoms with Crippen LogP contribution in [-0.4, -0.2) is 37.1 Å². The first-order valence-corrected chi connectivity index (χ1v) is 22.4. The predicted molar refractivity (Wildman–Crippen MR) is 258 cm³/mol. The van der Waals surface area contributed by atoms with Gasteiger partial charge in [0.1, 0.15) is 11.5 Å². The summed E-state index contributed by atoms with van der Waals surface area (Å²) in [6.45, 7) is 33.4. The fourth-order valence-corrected chi connectivity index (χ4v) is 7.01. The van der Waals surface area contributed by atoms with Crippen LogP contribution in [0.2, 0.25) is 0 Å². The molecular formula is C56H70O8. The van der Waals surface area contributed by atoms with E-state index in [1.165, 1.54) is 0 Å². The van der Waals surface area contributed by atoms with Gasteiger partial charge in [-0.15, -0.1) is 0 Å². The summed E-state index contributed by atoms with van der Waals surface area (Å²) in [5, 5.41) is 0. The van der Waals surface area contributed by atoms with Gasteiger partial charge in [-0.05, 0) is 81.7 Å². The molecular weight excluding hydrogens is 801 g/mol. The minimum atomic E-state index is -0.654. The maximum absolute atomic E-state index is 13.4. The van der Waals surface area contributed by atoms with Crippen LogP contribution in [0.3, 0.4) is 0 Å². The highest BCUT2D eigenvalue weighted by Crippen LogP contribution is 2.45. The van der Waals surface area contributed by atoms with Crippen LogP contribution in [0.1, 0.15) is 144 Å². The van der Waals surface area contributed by atoms with Crippen molar-refractivity contribution in [3.8, 4) is 33.8 Å². The normalized spacial score (nSPS) is 12.0. The van der Waals surface area contributed by atoms with Gasteiger partial charge in [-0.1, -0.05) is 169 Å². The summed E-state index contributed by atoms with van der Waals surface area (Å²) in [5.41, 5.74) is 6.56. The van der Waals surface area contributed by atoms with Crippen LogP contribution >= 0.6 is 0 Å². The smallest absolute Gasteiger partial charge is 0.333 e. The molecule has 0 aliphatic heterocycles. The van der Waals surface area contributed by atoms with E-state index in [1.807, 2.05) is 60.7 Å². The van der Waals surface area contributed by atoms with Crippen molar-refractivity contribution in [3.63, 3.8) is 0 Å². The number of hydrogen-bond donors (Lipinski definition) is 0. The first kappa shape index (κ1) is 50.9. The monoisotopic (exact) mass is 871 g/mol. The molecule has 0 bridgehead atoms. The third-order valence-electron chi connectivity index (χ3n) is 10.9. The lowest BCUT2D eigenvalue weighted by atomic mass is 9.78. The second kappa shape index (κ2) is 21.3. The highest BCUT2D eigenvalue weighted by atomic mass is 16.5. The molecule has 0 aliphatic rings. The molecule has 8 nitrogen and oxygen atoms in total. The zero-order valence-electron chi connectivity index (χ0n) is 40.4. The molecule has 0 saturated heterocycles. The molecule has 0 aliphatic carbocycles. The fourth-order valence-electron chi connectivity index (χ4n) is 7.01. The summed E-state index contributed by atoms with van der Waals surface area (Å²) in [5.74, 6) is -1.56. The van der Waals surface area contributed by atoms with E-state index >= 15 is 0 Å². The predicted octanol–water partition coefficient (Wildman–Crippen LogP) is 13.3. The minimum absolute atomic E-state index is 0.00984. The maximum Gasteiger partial charge on any atom is 0.333 e. The first-order valence-electron chi connectivity index (χ1n) is 22.4. The molecule has 4 aromatic rings. The Labute approximate surface area is 382 Å². The number of esters is 4. The summed E-state index contributed by atoms with van der Waals surface area (Å²) in [4.78, 5) is 52.3.